The summed E-state index contributed by atoms with van der Waals surface area (Å²) in [5, 5.41) is 29.5. The van der Waals surface area contributed by atoms with Gasteiger partial charge in [0.2, 0.25) is 0 Å². The molecule has 2 atom stereocenters. The van der Waals surface area contributed by atoms with Crippen LogP contribution >= 0.6 is 0 Å². The van der Waals surface area contributed by atoms with E-state index in [0.717, 1.165) is 18.4 Å². The Morgan fingerprint density at radius 2 is 2.00 bits per heavy atom. The van der Waals surface area contributed by atoms with Gasteiger partial charge in [-0.3, -0.25) is 0 Å². The third kappa shape index (κ3) is 2.19. The predicted molar refractivity (Wildman–Crippen MR) is 70.4 cm³/mol. The van der Waals surface area contributed by atoms with Gasteiger partial charge in [0.05, 0.1) is 6.10 Å². The number of benzene rings is 1. The molecule has 3 N–H and O–H groups in total. The average molecular weight is 260 g/mol. The summed E-state index contributed by atoms with van der Waals surface area (Å²) >= 11 is 0. The van der Waals surface area contributed by atoms with Gasteiger partial charge in [-0.05, 0) is 18.4 Å². The van der Waals surface area contributed by atoms with Crippen molar-refractivity contribution in [2.75, 3.05) is 0 Å². The number of ether oxygens (including phenoxy) is 1. The summed E-state index contributed by atoms with van der Waals surface area (Å²) in [5.74, 6) is 0.355. The molecule has 2 aliphatic rings. The van der Waals surface area contributed by atoms with Gasteiger partial charge in [0.1, 0.15) is 23.4 Å². The molecular formula is C15H16O4. The van der Waals surface area contributed by atoms with E-state index in [1.165, 1.54) is 12.1 Å². The van der Waals surface area contributed by atoms with Gasteiger partial charge in [-0.15, -0.1) is 0 Å². The highest BCUT2D eigenvalue weighted by molar-refractivity contribution is 5.52. The van der Waals surface area contributed by atoms with Crippen LogP contribution < -0.4 is 4.74 Å². The molecule has 0 radical (unpaired) electrons. The molecule has 3 rings (SSSR count). The maximum absolute atomic E-state index is 10.2. The molecule has 0 saturated heterocycles. The lowest BCUT2D eigenvalue weighted by atomic mass is 9.91. The van der Waals surface area contributed by atoms with E-state index < -0.39 is 12.2 Å². The Labute approximate surface area is 111 Å². The molecule has 1 aromatic carbocycles. The molecule has 0 amide bonds. The van der Waals surface area contributed by atoms with Crippen LogP contribution in [-0.4, -0.2) is 27.5 Å². The maximum atomic E-state index is 10.2. The maximum Gasteiger partial charge on any atom is 0.150 e. The van der Waals surface area contributed by atoms with E-state index in [1.54, 1.807) is 0 Å². The second kappa shape index (κ2) is 4.63. The number of fused-ring (bicyclic) bond motifs is 1. The molecule has 0 fully saturated rings. The molecule has 0 spiro atoms. The van der Waals surface area contributed by atoms with Crippen LogP contribution in [0.2, 0.25) is 0 Å². The topological polar surface area (TPSA) is 69.9 Å². The Morgan fingerprint density at radius 1 is 1.16 bits per heavy atom. The number of aliphatic hydroxyl groups is 1. The van der Waals surface area contributed by atoms with Crippen LogP contribution in [0.5, 0.6) is 17.2 Å². The Hall–Kier alpha value is -1.94. The summed E-state index contributed by atoms with van der Waals surface area (Å²) in [6.07, 6.45) is 7.20. The molecule has 4 heteroatoms. The standard InChI is InChI=1S/C15H16O4/c16-10-6-12(17)11-8-13(18)15(19-14(11)7-10)9-4-2-1-3-5-9/h2,4-7,13,15-18H,1,3,8H2. The van der Waals surface area contributed by atoms with Gasteiger partial charge in [0.25, 0.3) is 0 Å². The van der Waals surface area contributed by atoms with Crippen molar-refractivity contribution in [3.05, 3.63) is 41.5 Å². The Balaban J connectivity index is 1.95. The van der Waals surface area contributed by atoms with Gasteiger partial charge < -0.3 is 20.1 Å². The van der Waals surface area contributed by atoms with Crippen molar-refractivity contribution in [1.82, 2.24) is 0 Å². The highest BCUT2D eigenvalue weighted by atomic mass is 16.5. The van der Waals surface area contributed by atoms with Crippen molar-refractivity contribution in [1.29, 1.82) is 0 Å². The second-order valence-electron chi connectivity index (χ2n) is 4.94. The first-order chi connectivity index (χ1) is 9.15. The molecule has 19 heavy (non-hydrogen) atoms. The minimum Gasteiger partial charge on any atom is -0.508 e. The number of phenols is 2. The number of hydrogen-bond donors (Lipinski definition) is 3. The van der Waals surface area contributed by atoms with E-state index in [0.29, 0.717) is 17.7 Å². The van der Waals surface area contributed by atoms with Crippen molar-refractivity contribution in [3.8, 4) is 17.2 Å². The van der Waals surface area contributed by atoms with E-state index in [9.17, 15) is 15.3 Å². The van der Waals surface area contributed by atoms with Crippen molar-refractivity contribution in [3.63, 3.8) is 0 Å². The Kier molecular flexibility index (Phi) is 2.95. The van der Waals surface area contributed by atoms with Crippen LogP contribution in [-0.2, 0) is 6.42 Å². The van der Waals surface area contributed by atoms with Crippen molar-refractivity contribution < 1.29 is 20.1 Å². The van der Waals surface area contributed by atoms with Gasteiger partial charge in [0, 0.05) is 24.1 Å². The second-order valence-corrected chi connectivity index (χ2v) is 4.94. The van der Waals surface area contributed by atoms with Crippen molar-refractivity contribution in [2.24, 2.45) is 0 Å². The first kappa shape index (κ1) is 12.1. The van der Waals surface area contributed by atoms with Gasteiger partial charge in [-0.2, -0.15) is 0 Å². The first-order valence-corrected chi connectivity index (χ1v) is 6.41. The largest absolute Gasteiger partial charge is 0.508 e. The van der Waals surface area contributed by atoms with Gasteiger partial charge in [0.15, 0.2) is 0 Å². The van der Waals surface area contributed by atoms with Crippen LogP contribution in [0.4, 0.5) is 0 Å². The van der Waals surface area contributed by atoms with Crippen molar-refractivity contribution >= 4 is 0 Å². The Morgan fingerprint density at radius 3 is 2.74 bits per heavy atom. The van der Waals surface area contributed by atoms with E-state index in [4.69, 9.17) is 4.74 Å². The van der Waals surface area contributed by atoms with Crippen LogP contribution in [0, 0.1) is 0 Å². The van der Waals surface area contributed by atoms with E-state index in [2.05, 4.69) is 12.2 Å². The zero-order chi connectivity index (χ0) is 13.4. The van der Waals surface area contributed by atoms with Crippen LogP contribution in [0.3, 0.4) is 0 Å². The fraction of sp³-hybridized carbons (Fsp3) is 0.333. The highest BCUT2D eigenvalue weighted by Gasteiger charge is 2.32. The molecule has 0 bridgehead atoms. The number of hydrogen-bond acceptors (Lipinski definition) is 4. The SMILES string of the molecule is Oc1cc(O)c2c(c1)OC(C1=CCCC=C1)C(O)C2. The quantitative estimate of drug-likeness (QED) is 0.722. The highest BCUT2D eigenvalue weighted by Crippen LogP contribution is 2.39. The Bertz CT molecular complexity index is 560. The molecular weight excluding hydrogens is 244 g/mol. The minimum absolute atomic E-state index is 0.0411. The number of allylic oxidation sites excluding steroid dienone is 2. The summed E-state index contributed by atoms with van der Waals surface area (Å²) in [5.41, 5.74) is 1.49. The summed E-state index contributed by atoms with van der Waals surface area (Å²) in [4.78, 5) is 0. The summed E-state index contributed by atoms with van der Waals surface area (Å²) < 4.78 is 5.76. The number of aliphatic hydroxyl groups excluding tert-OH is 1. The lowest BCUT2D eigenvalue weighted by Gasteiger charge is -2.32. The van der Waals surface area contributed by atoms with Crippen LogP contribution in [0.1, 0.15) is 18.4 Å². The minimum atomic E-state index is -0.697. The molecule has 100 valence electrons. The van der Waals surface area contributed by atoms with Gasteiger partial charge >= 0.3 is 0 Å². The molecule has 1 aromatic rings. The molecule has 2 unspecified atom stereocenters. The summed E-state index contributed by atoms with van der Waals surface area (Å²) in [6, 6.07) is 2.73. The molecule has 1 aliphatic heterocycles. The summed E-state index contributed by atoms with van der Waals surface area (Å²) in [6.45, 7) is 0. The number of rotatable bonds is 1. The molecule has 0 aromatic heterocycles. The third-order valence-corrected chi connectivity index (χ3v) is 3.54. The molecule has 1 heterocycles. The average Bonchev–Trinajstić information content (AvgIpc) is 2.40. The zero-order valence-corrected chi connectivity index (χ0v) is 10.4. The fourth-order valence-corrected chi connectivity index (χ4v) is 2.59. The molecule has 0 saturated carbocycles. The van der Waals surface area contributed by atoms with E-state index >= 15 is 0 Å². The number of phenolic OH excluding ortho intramolecular Hbond substituents is 2. The van der Waals surface area contributed by atoms with Crippen LogP contribution in [0.25, 0.3) is 0 Å². The smallest absolute Gasteiger partial charge is 0.150 e. The van der Waals surface area contributed by atoms with Crippen molar-refractivity contribution in [2.45, 2.75) is 31.5 Å². The monoisotopic (exact) mass is 260 g/mol. The first-order valence-electron chi connectivity index (χ1n) is 6.41. The van der Waals surface area contributed by atoms with E-state index in [-0.39, 0.29) is 11.5 Å². The van der Waals surface area contributed by atoms with Gasteiger partial charge in [-0.1, -0.05) is 18.2 Å². The summed E-state index contributed by atoms with van der Waals surface area (Å²) in [7, 11) is 0. The van der Waals surface area contributed by atoms with E-state index in [1.807, 2.05) is 6.08 Å². The lowest BCUT2D eigenvalue weighted by Crippen LogP contribution is -2.38. The lowest BCUT2D eigenvalue weighted by molar-refractivity contribution is 0.0431. The third-order valence-electron chi connectivity index (χ3n) is 3.54. The molecule has 1 aliphatic carbocycles. The normalized spacial score (nSPS) is 25.4. The molecule has 4 nitrogen and oxygen atoms in total. The number of aromatic hydroxyl groups is 2. The zero-order valence-electron chi connectivity index (χ0n) is 10.4. The van der Waals surface area contributed by atoms with Gasteiger partial charge in [-0.25, -0.2) is 0 Å². The predicted octanol–water partition coefficient (Wildman–Crippen LogP) is 2.04. The fourth-order valence-electron chi connectivity index (χ4n) is 2.59. The van der Waals surface area contributed by atoms with Crippen LogP contribution in [0.15, 0.2) is 35.9 Å².